The summed E-state index contributed by atoms with van der Waals surface area (Å²) in [6, 6.07) is 12.6. The van der Waals surface area contributed by atoms with Gasteiger partial charge in [-0.3, -0.25) is 9.97 Å². The van der Waals surface area contributed by atoms with Gasteiger partial charge in [0.1, 0.15) is 0 Å². The van der Waals surface area contributed by atoms with E-state index < -0.39 is 0 Å². The van der Waals surface area contributed by atoms with E-state index in [9.17, 15) is 0 Å². The Balaban J connectivity index is 2.10. The molecule has 0 bridgehead atoms. The Kier molecular flexibility index (Phi) is 3.44. The monoisotopic (exact) mass is 263 g/mol. The molecule has 0 fully saturated rings. The van der Waals surface area contributed by atoms with Crippen LogP contribution < -0.4 is 5.32 Å². The zero-order chi connectivity index (χ0) is 13.9. The minimum atomic E-state index is 0.147. The lowest BCUT2D eigenvalue weighted by Crippen LogP contribution is -2.18. The second kappa shape index (κ2) is 5.39. The van der Waals surface area contributed by atoms with Gasteiger partial charge in [0.2, 0.25) is 0 Å². The van der Waals surface area contributed by atoms with Crippen LogP contribution in [0, 0.1) is 6.92 Å². The van der Waals surface area contributed by atoms with Crippen LogP contribution >= 0.6 is 0 Å². The first-order valence-electron chi connectivity index (χ1n) is 6.72. The summed E-state index contributed by atoms with van der Waals surface area (Å²) in [4.78, 5) is 8.61. The summed E-state index contributed by atoms with van der Waals surface area (Å²) in [5.74, 6) is 0. The number of aryl methyl sites for hydroxylation is 1. The van der Waals surface area contributed by atoms with E-state index in [1.165, 1.54) is 16.7 Å². The lowest BCUT2D eigenvalue weighted by molar-refractivity contribution is 0.685. The van der Waals surface area contributed by atoms with Crippen LogP contribution in [-0.4, -0.2) is 17.0 Å². The summed E-state index contributed by atoms with van der Waals surface area (Å²) in [5, 5.41) is 4.54. The maximum Gasteiger partial charge on any atom is 0.0702 e. The first kappa shape index (κ1) is 12.8. The van der Waals surface area contributed by atoms with Crippen LogP contribution in [0.4, 0.5) is 0 Å². The van der Waals surface area contributed by atoms with Crippen LogP contribution in [0.3, 0.4) is 0 Å². The van der Waals surface area contributed by atoms with Crippen LogP contribution in [0.25, 0.3) is 10.9 Å². The number of nitrogens with zero attached hydrogens (tertiary/aromatic N) is 2. The Morgan fingerprint density at radius 3 is 2.80 bits per heavy atom. The zero-order valence-electron chi connectivity index (χ0n) is 11.7. The fraction of sp³-hybridized carbons (Fsp3) is 0.176. The van der Waals surface area contributed by atoms with Gasteiger partial charge in [-0.2, -0.15) is 0 Å². The van der Waals surface area contributed by atoms with E-state index >= 15 is 0 Å². The topological polar surface area (TPSA) is 37.8 Å². The standard InChI is InChI=1S/C17H17N3/c1-12-7-9-19-11-15(12)17(18-2)14-5-6-16-13(10-14)4-3-8-20-16/h3-11,17-18H,1-2H3. The highest BCUT2D eigenvalue weighted by molar-refractivity contribution is 5.79. The lowest BCUT2D eigenvalue weighted by atomic mass is 9.96. The quantitative estimate of drug-likeness (QED) is 0.788. The van der Waals surface area contributed by atoms with E-state index in [1.54, 1.807) is 0 Å². The number of benzene rings is 1. The number of hydrogen-bond acceptors (Lipinski definition) is 3. The molecule has 3 rings (SSSR count). The molecule has 2 aromatic heterocycles. The number of pyridine rings is 2. The highest BCUT2D eigenvalue weighted by Crippen LogP contribution is 2.26. The van der Waals surface area contributed by atoms with Crippen LogP contribution in [0.1, 0.15) is 22.7 Å². The predicted octanol–water partition coefficient (Wildman–Crippen LogP) is 3.25. The Bertz CT molecular complexity index is 737. The fourth-order valence-electron chi connectivity index (χ4n) is 2.55. The van der Waals surface area contributed by atoms with Crippen molar-refractivity contribution in [1.29, 1.82) is 0 Å². The number of rotatable bonds is 3. The average molecular weight is 263 g/mol. The third-order valence-electron chi connectivity index (χ3n) is 3.64. The Labute approximate surface area is 118 Å². The van der Waals surface area contributed by atoms with E-state index in [0.29, 0.717) is 0 Å². The van der Waals surface area contributed by atoms with Gasteiger partial charge in [-0.05, 0) is 54.9 Å². The summed E-state index contributed by atoms with van der Waals surface area (Å²) in [7, 11) is 1.98. The van der Waals surface area contributed by atoms with E-state index in [-0.39, 0.29) is 6.04 Å². The summed E-state index contributed by atoms with van der Waals surface area (Å²) in [5.41, 5.74) is 4.70. The molecule has 3 heteroatoms. The van der Waals surface area contributed by atoms with Crippen LogP contribution in [0.5, 0.6) is 0 Å². The van der Waals surface area contributed by atoms with Crippen molar-refractivity contribution >= 4 is 10.9 Å². The van der Waals surface area contributed by atoms with Crippen molar-refractivity contribution in [3.05, 3.63) is 71.7 Å². The van der Waals surface area contributed by atoms with Crippen molar-refractivity contribution in [1.82, 2.24) is 15.3 Å². The maximum absolute atomic E-state index is 4.37. The third kappa shape index (κ3) is 2.28. The maximum atomic E-state index is 4.37. The molecular weight excluding hydrogens is 246 g/mol. The molecule has 2 heterocycles. The van der Waals surface area contributed by atoms with Crippen LogP contribution in [0.15, 0.2) is 55.0 Å². The van der Waals surface area contributed by atoms with Crippen molar-refractivity contribution in [2.75, 3.05) is 7.05 Å². The van der Waals surface area contributed by atoms with Crippen LogP contribution in [-0.2, 0) is 0 Å². The second-order valence-corrected chi connectivity index (χ2v) is 4.91. The first-order chi connectivity index (χ1) is 9.79. The highest BCUT2D eigenvalue weighted by Gasteiger charge is 2.14. The number of aromatic nitrogens is 2. The largest absolute Gasteiger partial charge is 0.309 e. The Hall–Kier alpha value is -2.26. The van der Waals surface area contributed by atoms with Gasteiger partial charge in [-0.25, -0.2) is 0 Å². The first-order valence-corrected chi connectivity index (χ1v) is 6.72. The summed E-state index contributed by atoms with van der Waals surface area (Å²) in [6.07, 6.45) is 5.59. The predicted molar refractivity (Wildman–Crippen MR) is 81.6 cm³/mol. The molecule has 0 saturated heterocycles. The van der Waals surface area contributed by atoms with Crippen molar-refractivity contribution in [2.45, 2.75) is 13.0 Å². The normalized spacial score (nSPS) is 12.5. The summed E-state index contributed by atoms with van der Waals surface area (Å²) in [6.45, 7) is 2.12. The van der Waals surface area contributed by atoms with Crippen molar-refractivity contribution in [2.24, 2.45) is 0 Å². The molecule has 0 aliphatic heterocycles. The molecule has 1 aromatic carbocycles. The molecule has 0 spiro atoms. The molecule has 100 valence electrons. The molecule has 0 aliphatic rings. The molecule has 20 heavy (non-hydrogen) atoms. The molecule has 3 nitrogen and oxygen atoms in total. The summed E-state index contributed by atoms with van der Waals surface area (Å²) < 4.78 is 0. The Morgan fingerprint density at radius 2 is 2.00 bits per heavy atom. The van der Waals surface area contributed by atoms with Crippen LogP contribution in [0.2, 0.25) is 0 Å². The summed E-state index contributed by atoms with van der Waals surface area (Å²) >= 11 is 0. The average Bonchev–Trinajstić information content (AvgIpc) is 2.50. The molecule has 1 N–H and O–H groups in total. The van der Waals surface area contributed by atoms with E-state index in [4.69, 9.17) is 0 Å². The molecule has 1 unspecified atom stereocenters. The molecule has 1 atom stereocenters. The van der Waals surface area contributed by atoms with Crippen molar-refractivity contribution < 1.29 is 0 Å². The molecule has 0 aliphatic carbocycles. The lowest BCUT2D eigenvalue weighted by Gasteiger charge is -2.19. The van der Waals surface area contributed by atoms with Crippen molar-refractivity contribution in [3.8, 4) is 0 Å². The molecule has 0 saturated carbocycles. The van der Waals surface area contributed by atoms with Gasteiger partial charge >= 0.3 is 0 Å². The van der Waals surface area contributed by atoms with Gasteiger partial charge in [0.05, 0.1) is 11.6 Å². The smallest absolute Gasteiger partial charge is 0.0702 e. The van der Waals surface area contributed by atoms with Gasteiger partial charge in [0.15, 0.2) is 0 Å². The molecule has 0 amide bonds. The number of hydrogen-bond donors (Lipinski definition) is 1. The molecule has 0 radical (unpaired) electrons. The second-order valence-electron chi connectivity index (χ2n) is 4.91. The number of nitrogens with one attached hydrogen (secondary N) is 1. The van der Waals surface area contributed by atoms with Gasteiger partial charge in [0.25, 0.3) is 0 Å². The third-order valence-corrected chi connectivity index (χ3v) is 3.64. The van der Waals surface area contributed by atoms with E-state index in [1.807, 2.05) is 37.8 Å². The number of fused-ring (bicyclic) bond motifs is 1. The van der Waals surface area contributed by atoms with Gasteiger partial charge in [-0.15, -0.1) is 0 Å². The van der Waals surface area contributed by atoms with E-state index in [2.05, 4.69) is 46.5 Å². The highest BCUT2D eigenvalue weighted by atomic mass is 14.9. The van der Waals surface area contributed by atoms with Crippen molar-refractivity contribution in [3.63, 3.8) is 0 Å². The Morgan fingerprint density at radius 1 is 1.10 bits per heavy atom. The van der Waals surface area contributed by atoms with E-state index in [0.717, 1.165) is 10.9 Å². The van der Waals surface area contributed by atoms with Gasteiger partial charge in [-0.1, -0.05) is 12.1 Å². The molecule has 3 aromatic rings. The molecular formula is C17H17N3. The minimum Gasteiger partial charge on any atom is -0.309 e. The zero-order valence-corrected chi connectivity index (χ0v) is 11.7. The fourth-order valence-corrected chi connectivity index (χ4v) is 2.55. The SMILES string of the molecule is CNC(c1ccc2ncccc2c1)c1cnccc1C. The minimum absolute atomic E-state index is 0.147. The van der Waals surface area contributed by atoms with Gasteiger partial charge in [0, 0.05) is 24.0 Å². The van der Waals surface area contributed by atoms with Gasteiger partial charge < -0.3 is 5.32 Å².